The van der Waals surface area contributed by atoms with E-state index in [9.17, 15) is 4.79 Å². The molecule has 0 spiro atoms. The summed E-state index contributed by atoms with van der Waals surface area (Å²) in [5.41, 5.74) is 2.56. The molecule has 0 radical (unpaired) electrons. The van der Waals surface area contributed by atoms with Crippen molar-refractivity contribution in [2.24, 2.45) is 0 Å². The topological polar surface area (TPSA) is 41.6 Å². The molecule has 1 atom stereocenters. The van der Waals surface area contributed by atoms with Crippen LogP contribution >= 0.6 is 0 Å². The van der Waals surface area contributed by atoms with Crippen LogP contribution in [0.2, 0.25) is 0 Å². The van der Waals surface area contributed by atoms with Crippen LogP contribution < -0.4 is 5.32 Å². The van der Waals surface area contributed by atoms with Crippen LogP contribution in [0.1, 0.15) is 17.5 Å². The van der Waals surface area contributed by atoms with E-state index >= 15 is 0 Å². The average Bonchev–Trinajstić information content (AvgIpc) is 2.91. The van der Waals surface area contributed by atoms with Gasteiger partial charge < -0.3 is 5.32 Å². The number of hydroxylamine groups is 2. The van der Waals surface area contributed by atoms with Crippen LogP contribution in [0.5, 0.6) is 0 Å². The minimum absolute atomic E-state index is 0.0667. The highest BCUT2D eigenvalue weighted by Gasteiger charge is 2.30. The predicted octanol–water partition coefficient (Wildman–Crippen LogP) is 0.865. The third kappa shape index (κ3) is 2.06. The monoisotopic (exact) mass is 232 g/mol. The lowest BCUT2D eigenvalue weighted by Crippen LogP contribution is -2.48. The van der Waals surface area contributed by atoms with E-state index < -0.39 is 0 Å². The summed E-state index contributed by atoms with van der Waals surface area (Å²) in [6.45, 7) is 2.15. The van der Waals surface area contributed by atoms with Crippen molar-refractivity contribution in [3.8, 4) is 0 Å². The molecule has 2 heterocycles. The van der Waals surface area contributed by atoms with Gasteiger partial charge in [-0.05, 0) is 24.0 Å². The molecule has 4 heteroatoms. The number of amides is 1. The maximum Gasteiger partial charge on any atom is 0.263 e. The Bertz CT molecular complexity index is 427. The summed E-state index contributed by atoms with van der Waals surface area (Å²) in [5, 5.41) is 4.79. The van der Waals surface area contributed by atoms with Crippen LogP contribution in [0, 0.1) is 0 Å². The summed E-state index contributed by atoms with van der Waals surface area (Å²) in [4.78, 5) is 17.4. The molecule has 1 fully saturated rings. The zero-order valence-corrected chi connectivity index (χ0v) is 9.69. The fraction of sp³-hybridized carbons (Fsp3) is 0.462. The first-order valence-electron chi connectivity index (χ1n) is 6.09. The third-order valence-electron chi connectivity index (χ3n) is 3.38. The second-order valence-corrected chi connectivity index (χ2v) is 4.53. The molecule has 0 saturated carbocycles. The first kappa shape index (κ1) is 10.7. The van der Waals surface area contributed by atoms with Crippen molar-refractivity contribution in [3.05, 3.63) is 35.4 Å². The lowest BCUT2D eigenvalue weighted by molar-refractivity contribution is -0.171. The van der Waals surface area contributed by atoms with E-state index in [1.807, 2.05) is 12.1 Å². The average molecular weight is 232 g/mol. The molecule has 2 aliphatic heterocycles. The van der Waals surface area contributed by atoms with Gasteiger partial charge in [0.15, 0.2) is 0 Å². The summed E-state index contributed by atoms with van der Waals surface area (Å²) >= 11 is 0. The Labute approximate surface area is 101 Å². The van der Waals surface area contributed by atoms with Crippen molar-refractivity contribution in [2.45, 2.75) is 25.4 Å². The van der Waals surface area contributed by atoms with Crippen molar-refractivity contribution < 1.29 is 9.63 Å². The van der Waals surface area contributed by atoms with Gasteiger partial charge in [-0.1, -0.05) is 24.3 Å². The predicted molar refractivity (Wildman–Crippen MR) is 63.1 cm³/mol. The van der Waals surface area contributed by atoms with Gasteiger partial charge in [0.1, 0.15) is 0 Å². The largest absolute Gasteiger partial charge is 0.301 e. The van der Waals surface area contributed by atoms with Gasteiger partial charge in [0.05, 0.1) is 19.2 Å². The summed E-state index contributed by atoms with van der Waals surface area (Å²) in [7, 11) is 0. The Kier molecular flexibility index (Phi) is 2.82. The van der Waals surface area contributed by atoms with Gasteiger partial charge in [-0.2, -0.15) is 0 Å². The number of carbonyl (C=O) groups is 1. The van der Waals surface area contributed by atoms with Crippen LogP contribution in [-0.4, -0.2) is 30.2 Å². The Balaban J connectivity index is 1.73. The van der Waals surface area contributed by atoms with E-state index in [4.69, 9.17) is 4.84 Å². The van der Waals surface area contributed by atoms with Gasteiger partial charge >= 0.3 is 0 Å². The van der Waals surface area contributed by atoms with Gasteiger partial charge in [-0.15, -0.1) is 0 Å². The highest BCUT2D eigenvalue weighted by Crippen LogP contribution is 2.18. The van der Waals surface area contributed by atoms with E-state index in [1.165, 1.54) is 16.2 Å². The fourth-order valence-electron chi connectivity index (χ4n) is 2.42. The van der Waals surface area contributed by atoms with Gasteiger partial charge in [0.2, 0.25) is 0 Å². The van der Waals surface area contributed by atoms with Crippen molar-refractivity contribution in [3.63, 3.8) is 0 Å². The Morgan fingerprint density at radius 1 is 1.35 bits per heavy atom. The van der Waals surface area contributed by atoms with Crippen LogP contribution in [0.3, 0.4) is 0 Å². The minimum Gasteiger partial charge on any atom is -0.301 e. The van der Waals surface area contributed by atoms with Gasteiger partial charge in [-0.3, -0.25) is 9.63 Å². The third-order valence-corrected chi connectivity index (χ3v) is 3.38. The molecule has 0 aliphatic carbocycles. The summed E-state index contributed by atoms with van der Waals surface area (Å²) in [5.74, 6) is 0.0667. The van der Waals surface area contributed by atoms with Gasteiger partial charge in [0, 0.05) is 6.54 Å². The number of benzene rings is 1. The number of carbonyl (C=O) groups excluding carboxylic acids is 1. The van der Waals surface area contributed by atoms with E-state index in [0.717, 1.165) is 25.9 Å². The lowest BCUT2D eigenvalue weighted by atomic mass is 9.95. The highest BCUT2D eigenvalue weighted by atomic mass is 16.7. The zero-order chi connectivity index (χ0) is 11.7. The smallest absolute Gasteiger partial charge is 0.263 e. The first-order valence-corrected chi connectivity index (χ1v) is 6.09. The van der Waals surface area contributed by atoms with Gasteiger partial charge in [0.25, 0.3) is 5.91 Å². The number of hydrogen-bond donors (Lipinski definition) is 1. The van der Waals surface area contributed by atoms with Crippen LogP contribution in [0.4, 0.5) is 0 Å². The fourth-order valence-corrected chi connectivity index (χ4v) is 2.42. The molecule has 1 amide bonds. The molecule has 2 aliphatic rings. The second-order valence-electron chi connectivity index (χ2n) is 4.53. The minimum atomic E-state index is -0.136. The quantitative estimate of drug-likeness (QED) is 0.781. The van der Waals surface area contributed by atoms with Crippen LogP contribution in [-0.2, 0) is 22.6 Å². The molecule has 17 heavy (non-hydrogen) atoms. The number of rotatable bonds is 1. The summed E-state index contributed by atoms with van der Waals surface area (Å²) in [6.07, 6.45) is 1.70. The molecule has 4 nitrogen and oxygen atoms in total. The highest BCUT2D eigenvalue weighted by molar-refractivity contribution is 5.81. The van der Waals surface area contributed by atoms with Crippen molar-refractivity contribution in [1.82, 2.24) is 10.4 Å². The molecule has 90 valence electrons. The maximum atomic E-state index is 12.1. The van der Waals surface area contributed by atoms with E-state index in [-0.39, 0.29) is 11.9 Å². The molecule has 1 aromatic carbocycles. The number of fused-ring (bicyclic) bond motifs is 1. The van der Waals surface area contributed by atoms with Crippen LogP contribution in [0.25, 0.3) is 0 Å². The zero-order valence-electron chi connectivity index (χ0n) is 9.69. The molecule has 1 N–H and O–H groups in total. The van der Waals surface area contributed by atoms with E-state index in [1.54, 1.807) is 0 Å². The van der Waals surface area contributed by atoms with Crippen molar-refractivity contribution >= 4 is 5.91 Å². The second kappa shape index (κ2) is 4.47. The molecule has 1 saturated heterocycles. The van der Waals surface area contributed by atoms with E-state index in [2.05, 4.69) is 17.4 Å². The van der Waals surface area contributed by atoms with Crippen LogP contribution in [0.15, 0.2) is 24.3 Å². The Hall–Kier alpha value is -1.39. The number of nitrogens with one attached hydrogen (secondary N) is 1. The molecule has 3 rings (SSSR count). The van der Waals surface area contributed by atoms with E-state index in [0.29, 0.717) is 6.61 Å². The van der Waals surface area contributed by atoms with Crippen molar-refractivity contribution in [2.75, 3.05) is 13.2 Å². The van der Waals surface area contributed by atoms with Crippen molar-refractivity contribution in [1.29, 1.82) is 0 Å². The standard InChI is InChI=1S/C13H16N2O2/c16-13(15-6-3-7-17-15)12-8-10-4-1-2-5-11(10)9-14-12/h1-2,4-5,12,14H,3,6-9H2/t12-/m0/s1. The molecule has 1 aromatic rings. The molecule has 0 aromatic heterocycles. The molecule has 0 bridgehead atoms. The molecular formula is C13H16N2O2. The summed E-state index contributed by atoms with van der Waals surface area (Å²) < 4.78 is 0. The number of hydrogen-bond acceptors (Lipinski definition) is 3. The SMILES string of the molecule is O=C([C@@H]1Cc2ccccc2CN1)N1CCCO1. The molecule has 0 unspecified atom stereocenters. The maximum absolute atomic E-state index is 12.1. The summed E-state index contributed by atoms with van der Waals surface area (Å²) in [6, 6.07) is 8.13. The first-order chi connectivity index (χ1) is 8.34. The molecular weight excluding hydrogens is 216 g/mol. The Morgan fingerprint density at radius 3 is 2.94 bits per heavy atom. The van der Waals surface area contributed by atoms with Gasteiger partial charge in [-0.25, -0.2) is 5.06 Å². The number of nitrogens with zero attached hydrogens (tertiary/aromatic N) is 1. The Morgan fingerprint density at radius 2 is 2.18 bits per heavy atom. The normalized spacial score (nSPS) is 23.5. The lowest BCUT2D eigenvalue weighted by Gasteiger charge is -2.27.